The zero-order valence-electron chi connectivity index (χ0n) is 13.3. The molecule has 0 fully saturated rings. The van der Waals surface area contributed by atoms with Crippen LogP contribution in [-0.4, -0.2) is 62.9 Å². The zero-order chi connectivity index (χ0) is 14.9. The number of nitrogens with one attached hydrogen (secondary N) is 1. The molecule has 0 aliphatic rings. The van der Waals surface area contributed by atoms with Crippen molar-refractivity contribution in [2.45, 2.75) is 45.7 Å². The van der Waals surface area contributed by atoms with Crippen molar-refractivity contribution in [2.75, 3.05) is 40.5 Å². The largest absolute Gasteiger partial charge is 0.468 e. The van der Waals surface area contributed by atoms with Crippen molar-refractivity contribution in [3.05, 3.63) is 0 Å². The third kappa shape index (κ3) is 5.89. The second kappa shape index (κ2) is 9.28. The summed E-state index contributed by atoms with van der Waals surface area (Å²) in [7, 11) is 3.12. The highest BCUT2D eigenvalue weighted by atomic mass is 16.5. The number of nitrogens with zero attached hydrogens (tertiary/aromatic N) is 1. The molecule has 0 saturated heterocycles. The van der Waals surface area contributed by atoms with Crippen molar-refractivity contribution in [3.63, 3.8) is 0 Å². The minimum atomic E-state index is -0.680. The van der Waals surface area contributed by atoms with Crippen molar-refractivity contribution >= 4 is 5.97 Å². The van der Waals surface area contributed by atoms with Gasteiger partial charge in [0, 0.05) is 26.2 Å². The number of ether oxygens (including phenoxy) is 2. The Morgan fingerprint density at radius 3 is 2.42 bits per heavy atom. The van der Waals surface area contributed by atoms with Crippen LogP contribution in [0.1, 0.15) is 34.1 Å². The molecule has 0 radical (unpaired) electrons. The standard InChI is InChI=1S/C14H30N2O3/c1-7-12(3)16(9-10-18-5)11-14(4,15-8-2)13(17)19-6/h12,15H,7-11H2,1-6H3. The van der Waals surface area contributed by atoms with Gasteiger partial charge in [-0.15, -0.1) is 0 Å². The van der Waals surface area contributed by atoms with Gasteiger partial charge in [0.1, 0.15) is 5.54 Å². The molecule has 2 unspecified atom stereocenters. The SMILES string of the molecule is CCNC(C)(CN(CCOC)C(C)CC)C(=O)OC. The van der Waals surface area contributed by atoms with Crippen LogP contribution >= 0.6 is 0 Å². The maximum atomic E-state index is 12.0. The van der Waals surface area contributed by atoms with Gasteiger partial charge in [0.05, 0.1) is 13.7 Å². The maximum absolute atomic E-state index is 12.0. The van der Waals surface area contributed by atoms with E-state index in [4.69, 9.17) is 9.47 Å². The normalized spacial score (nSPS) is 16.2. The van der Waals surface area contributed by atoms with E-state index < -0.39 is 5.54 Å². The lowest BCUT2D eigenvalue weighted by Crippen LogP contribution is -2.59. The molecule has 1 N–H and O–H groups in total. The topological polar surface area (TPSA) is 50.8 Å². The molecular weight excluding hydrogens is 244 g/mol. The monoisotopic (exact) mass is 274 g/mol. The Morgan fingerprint density at radius 2 is 2.00 bits per heavy atom. The smallest absolute Gasteiger partial charge is 0.327 e. The van der Waals surface area contributed by atoms with Gasteiger partial charge in [-0.05, 0) is 26.8 Å². The Kier molecular flexibility index (Phi) is 8.97. The van der Waals surface area contributed by atoms with Crippen LogP contribution in [0.15, 0.2) is 0 Å². The summed E-state index contributed by atoms with van der Waals surface area (Å²) in [6, 6.07) is 0.401. The van der Waals surface area contributed by atoms with Gasteiger partial charge >= 0.3 is 5.97 Å². The Labute approximate surface area is 117 Å². The van der Waals surface area contributed by atoms with Crippen LogP contribution in [0.5, 0.6) is 0 Å². The Hall–Kier alpha value is -0.650. The van der Waals surface area contributed by atoms with Crippen LogP contribution in [0.25, 0.3) is 0 Å². The summed E-state index contributed by atoms with van der Waals surface area (Å²) >= 11 is 0. The van der Waals surface area contributed by atoms with Crippen LogP contribution in [0, 0.1) is 0 Å². The molecule has 0 aromatic heterocycles. The molecule has 5 nitrogen and oxygen atoms in total. The second-order valence-electron chi connectivity index (χ2n) is 5.07. The number of methoxy groups -OCH3 is 2. The van der Waals surface area contributed by atoms with Crippen LogP contribution in [0.4, 0.5) is 0 Å². The lowest BCUT2D eigenvalue weighted by Gasteiger charge is -2.36. The van der Waals surface area contributed by atoms with Crippen LogP contribution in [0.3, 0.4) is 0 Å². The van der Waals surface area contributed by atoms with E-state index >= 15 is 0 Å². The maximum Gasteiger partial charge on any atom is 0.327 e. The van der Waals surface area contributed by atoms with E-state index in [1.54, 1.807) is 7.11 Å². The van der Waals surface area contributed by atoms with Gasteiger partial charge in [0.15, 0.2) is 0 Å². The van der Waals surface area contributed by atoms with Crippen molar-refractivity contribution in [1.29, 1.82) is 0 Å². The fourth-order valence-corrected chi connectivity index (χ4v) is 2.14. The molecule has 0 aromatic rings. The summed E-state index contributed by atoms with van der Waals surface area (Å²) in [6.45, 7) is 11.0. The van der Waals surface area contributed by atoms with Gasteiger partial charge in [-0.1, -0.05) is 13.8 Å². The molecule has 0 aromatic carbocycles. The minimum Gasteiger partial charge on any atom is -0.468 e. The molecule has 0 aliphatic carbocycles. The van der Waals surface area contributed by atoms with Crippen molar-refractivity contribution in [2.24, 2.45) is 0 Å². The van der Waals surface area contributed by atoms with E-state index in [1.165, 1.54) is 7.11 Å². The van der Waals surface area contributed by atoms with Gasteiger partial charge in [0.25, 0.3) is 0 Å². The molecule has 0 amide bonds. The molecule has 2 atom stereocenters. The van der Waals surface area contributed by atoms with E-state index in [1.807, 2.05) is 13.8 Å². The summed E-state index contributed by atoms with van der Waals surface area (Å²) in [6.07, 6.45) is 1.03. The van der Waals surface area contributed by atoms with Gasteiger partial charge in [-0.2, -0.15) is 0 Å². The highest BCUT2D eigenvalue weighted by Gasteiger charge is 2.36. The number of rotatable bonds is 10. The fraction of sp³-hybridized carbons (Fsp3) is 0.929. The van der Waals surface area contributed by atoms with E-state index in [-0.39, 0.29) is 5.97 Å². The van der Waals surface area contributed by atoms with Gasteiger partial charge < -0.3 is 14.8 Å². The number of likely N-dealkylation sites (N-methyl/N-ethyl adjacent to an activating group) is 1. The molecule has 0 aliphatic heterocycles. The van der Waals surface area contributed by atoms with E-state index in [0.29, 0.717) is 19.2 Å². The summed E-state index contributed by atoms with van der Waals surface area (Å²) in [5, 5.41) is 3.24. The number of hydrogen-bond donors (Lipinski definition) is 1. The lowest BCUT2D eigenvalue weighted by atomic mass is 10.00. The van der Waals surface area contributed by atoms with E-state index in [0.717, 1.165) is 19.5 Å². The first kappa shape index (κ1) is 18.4. The number of carbonyl (C=O) groups excluding carboxylic acids is 1. The van der Waals surface area contributed by atoms with Crippen molar-refractivity contribution in [1.82, 2.24) is 10.2 Å². The molecule has 114 valence electrons. The highest BCUT2D eigenvalue weighted by Crippen LogP contribution is 2.13. The predicted octanol–water partition coefficient (Wildman–Crippen LogP) is 1.27. The first-order chi connectivity index (χ1) is 8.95. The molecule has 0 spiro atoms. The lowest BCUT2D eigenvalue weighted by molar-refractivity contribution is -0.149. The molecule has 0 rings (SSSR count). The first-order valence-electron chi connectivity index (χ1n) is 7.01. The van der Waals surface area contributed by atoms with Gasteiger partial charge in [0.2, 0.25) is 0 Å². The van der Waals surface area contributed by atoms with E-state index in [9.17, 15) is 4.79 Å². The van der Waals surface area contributed by atoms with Crippen LogP contribution < -0.4 is 5.32 Å². The van der Waals surface area contributed by atoms with Crippen LogP contribution in [-0.2, 0) is 14.3 Å². The van der Waals surface area contributed by atoms with E-state index in [2.05, 4.69) is 24.1 Å². The zero-order valence-corrected chi connectivity index (χ0v) is 13.3. The Bertz CT molecular complexity index is 261. The molecule has 0 saturated carbocycles. The second-order valence-corrected chi connectivity index (χ2v) is 5.07. The number of carbonyl (C=O) groups is 1. The molecule has 0 heterocycles. The van der Waals surface area contributed by atoms with Crippen molar-refractivity contribution < 1.29 is 14.3 Å². The minimum absolute atomic E-state index is 0.222. The predicted molar refractivity (Wildman–Crippen MR) is 77.3 cm³/mol. The van der Waals surface area contributed by atoms with Gasteiger partial charge in [-0.3, -0.25) is 9.69 Å². The Balaban J connectivity index is 4.86. The molecule has 5 heteroatoms. The number of hydrogen-bond acceptors (Lipinski definition) is 5. The van der Waals surface area contributed by atoms with Gasteiger partial charge in [-0.25, -0.2) is 0 Å². The summed E-state index contributed by atoms with van der Waals surface area (Å²) < 4.78 is 10.1. The average Bonchev–Trinajstić information content (AvgIpc) is 2.41. The molecule has 0 bridgehead atoms. The number of esters is 1. The highest BCUT2D eigenvalue weighted by molar-refractivity contribution is 5.80. The third-order valence-corrected chi connectivity index (χ3v) is 3.52. The molecule has 19 heavy (non-hydrogen) atoms. The first-order valence-corrected chi connectivity index (χ1v) is 7.01. The summed E-state index contributed by atoms with van der Waals surface area (Å²) in [5.74, 6) is -0.222. The third-order valence-electron chi connectivity index (χ3n) is 3.52. The van der Waals surface area contributed by atoms with Crippen LogP contribution in [0.2, 0.25) is 0 Å². The molecular formula is C14H30N2O3. The quantitative estimate of drug-likeness (QED) is 0.608. The van der Waals surface area contributed by atoms with Crippen molar-refractivity contribution in [3.8, 4) is 0 Å². The summed E-state index contributed by atoms with van der Waals surface area (Å²) in [5.41, 5.74) is -0.680. The fourth-order valence-electron chi connectivity index (χ4n) is 2.14. The average molecular weight is 274 g/mol. The Morgan fingerprint density at radius 1 is 1.37 bits per heavy atom. The summed E-state index contributed by atoms with van der Waals surface area (Å²) in [4.78, 5) is 14.3.